The minimum Gasteiger partial charge on any atom is -0.379 e. The molecule has 0 unspecified atom stereocenters. The Bertz CT molecular complexity index is 532. The maximum atomic E-state index is 13.2. The lowest BCUT2D eigenvalue weighted by Gasteiger charge is -2.26. The number of carbonyl (C=O) groups is 1. The number of nitro groups is 1. The lowest BCUT2D eigenvalue weighted by Crippen LogP contribution is -2.41. The van der Waals surface area contributed by atoms with E-state index in [1.807, 2.05) is 0 Å². The fourth-order valence-corrected chi connectivity index (χ4v) is 2.10. The smallest absolute Gasteiger partial charge is 0.282 e. The summed E-state index contributed by atoms with van der Waals surface area (Å²) in [7, 11) is 0. The fourth-order valence-electron chi connectivity index (χ4n) is 2.10. The molecular formula is C13H16FN3O4. The van der Waals surface area contributed by atoms with E-state index in [0.717, 1.165) is 31.3 Å². The summed E-state index contributed by atoms with van der Waals surface area (Å²) in [5, 5.41) is 13.4. The van der Waals surface area contributed by atoms with Gasteiger partial charge in [0.2, 0.25) is 0 Å². The molecule has 1 aromatic rings. The average Bonchev–Trinajstić information content (AvgIpc) is 2.47. The van der Waals surface area contributed by atoms with E-state index in [-0.39, 0.29) is 5.56 Å². The van der Waals surface area contributed by atoms with Crippen LogP contribution in [0.2, 0.25) is 0 Å². The van der Waals surface area contributed by atoms with Gasteiger partial charge in [-0.1, -0.05) is 0 Å². The molecule has 0 bridgehead atoms. The zero-order chi connectivity index (χ0) is 15.2. The number of ether oxygens (including phenoxy) is 1. The van der Waals surface area contributed by atoms with Crippen molar-refractivity contribution in [3.05, 3.63) is 39.7 Å². The van der Waals surface area contributed by atoms with Crippen molar-refractivity contribution in [2.45, 2.75) is 0 Å². The van der Waals surface area contributed by atoms with Gasteiger partial charge in [0.15, 0.2) is 0 Å². The van der Waals surface area contributed by atoms with Crippen LogP contribution in [0.4, 0.5) is 10.1 Å². The molecule has 0 aromatic heterocycles. The lowest BCUT2D eigenvalue weighted by molar-refractivity contribution is -0.385. The topological polar surface area (TPSA) is 84.7 Å². The number of hydrogen-bond donors (Lipinski definition) is 1. The number of hydrogen-bond acceptors (Lipinski definition) is 5. The maximum absolute atomic E-state index is 13.2. The Morgan fingerprint density at radius 3 is 2.81 bits per heavy atom. The van der Waals surface area contributed by atoms with Gasteiger partial charge in [-0.25, -0.2) is 4.39 Å². The summed E-state index contributed by atoms with van der Waals surface area (Å²) in [5.74, 6) is -1.33. The first-order valence-electron chi connectivity index (χ1n) is 6.60. The third-order valence-electron chi connectivity index (χ3n) is 3.22. The summed E-state index contributed by atoms with van der Waals surface area (Å²) in [6.45, 7) is 3.85. The Balaban J connectivity index is 1.93. The molecule has 1 aliphatic rings. The van der Waals surface area contributed by atoms with Crippen molar-refractivity contribution in [3.63, 3.8) is 0 Å². The maximum Gasteiger partial charge on any atom is 0.282 e. The van der Waals surface area contributed by atoms with E-state index in [1.54, 1.807) is 0 Å². The predicted octanol–water partition coefficient (Wildman–Crippen LogP) is 0.796. The van der Waals surface area contributed by atoms with Gasteiger partial charge in [-0.3, -0.25) is 19.8 Å². The summed E-state index contributed by atoms with van der Waals surface area (Å²) in [5.41, 5.74) is -0.665. The Hall–Kier alpha value is -2.06. The van der Waals surface area contributed by atoms with Gasteiger partial charge in [0.1, 0.15) is 11.4 Å². The molecule has 1 amide bonds. The van der Waals surface area contributed by atoms with Crippen molar-refractivity contribution in [1.29, 1.82) is 0 Å². The largest absolute Gasteiger partial charge is 0.379 e. The third-order valence-corrected chi connectivity index (χ3v) is 3.22. The number of nitrogens with zero attached hydrogens (tertiary/aromatic N) is 2. The molecule has 2 rings (SSSR count). The number of amides is 1. The third kappa shape index (κ3) is 4.20. The predicted molar refractivity (Wildman–Crippen MR) is 72.6 cm³/mol. The quantitative estimate of drug-likeness (QED) is 0.642. The molecule has 1 aromatic carbocycles. The molecule has 1 fully saturated rings. The molecule has 114 valence electrons. The van der Waals surface area contributed by atoms with Crippen molar-refractivity contribution >= 4 is 11.6 Å². The molecule has 1 N–H and O–H groups in total. The van der Waals surface area contributed by atoms with E-state index < -0.39 is 22.3 Å². The van der Waals surface area contributed by atoms with Gasteiger partial charge < -0.3 is 10.1 Å². The molecule has 1 heterocycles. The number of morpholine rings is 1. The molecule has 0 saturated carbocycles. The highest BCUT2D eigenvalue weighted by molar-refractivity contribution is 5.98. The number of rotatable bonds is 5. The van der Waals surface area contributed by atoms with Crippen molar-refractivity contribution in [2.24, 2.45) is 0 Å². The van der Waals surface area contributed by atoms with Crippen LogP contribution in [0.25, 0.3) is 0 Å². The molecule has 0 atom stereocenters. The van der Waals surface area contributed by atoms with E-state index in [1.165, 1.54) is 0 Å². The van der Waals surface area contributed by atoms with E-state index in [4.69, 9.17) is 4.74 Å². The molecule has 0 spiro atoms. The normalized spacial score (nSPS) is 15.7. The summed E-state index contributed by atoms with van der Waals surface area (Å²) < 4.78 is 18.4. The molecule has 21 heavy (non-hydrogen) atoms. The summed E-state index contributed by atoms with van der Waals surface area (Å²) in [6.07, 6.45) is 0. The molecular weight excluding hydrogens is 281 g/mol. The fraction of sp³-hybridized carbons (Fsp3) is 0.462. The summed E-state index contributed by atoms with van der Waals surface area (Å²) in [6, 6.07) is 2.83. The van der Waals surface area contributed by atoms with Crippen LogP contribution in [0.5, 0.6) is 0 Å². The Morgan fingerprint density at radius 1 is 1.43 bits per heavy atom. The molecule has 0 radical (unpaired) electrons. The van der Waals surface area contributed by atoms with E-state index >= 15 is 0 Å². The lowest BCUT2D eigenvalue weighted by atomic mass is 10.1. The summed E-state index contributed by atoms with van der Waals surface area (Å²) >= 11 is 0. The number of nitro benzene ring substituents is 1. The van der Waals surface area contributed by atoms with Crippen LogP contribution in [-0.2, 0) is 4.74 Å². The van der Waals surface area contributed by atoms with Crippen LogP contribution in [0.1, 0.15) is 10.4 Å². The highest BCUT2D eigenvalue weighted by Crippen LogP contribution is 2.19. The van der Waals surface area contributed by atoms with Crippen LogP contribution in [0.15, 0.2) is 18.2 Å². The number of carbonyl (C=O) groups excluding carboxylic acids is 1. The Morgan fingerprint density at radius 2 is 2.14 bits per heavy atom. The van der Waals surface area contributed by atoms with Crippen LogP contribution in [0, 0.1) is 15.9 Å². The first kappa shape index (κ1) is 15.3. The van der Waals surface area contributed by atoms with Gasteiger partial charge in [0.25, 0.3) is 11.6 Å². The SMILES string of the molecule is O=C(NCCN1CCOCC1)c1cc(F)ccc1[N+](=O)[O-]. The van der Waals surface area contributed by atoms with Gasteiger partial charge in [0.05, 0.1) is 18.1 Å². The number of halogens is 1. The van der Waals surface area contributed by atoms with E-state index in [9.17, 15) is 19.3 Å². The monoisotopic (exact) mass is 297 g/mol. The standard InChI is InChI=1S/C13H16FN3O4/c14-10-1-2-12(17(19)20)11(9-10)13(18)15-3-4-16-5-7-21-8-6-16/h1-2,9H,3-8H2,(H,15,18). The molecule has 8 heteroatoms. The average molecular weight is 297 g/mol. The first-order valence-corrected chi connectivity index (χ1v) is 6.60. The van der Waals surface area contributed by atoms with Crippen LogP contribution in [0.3, 0.4) is 0 Å². The minimum atomic E-state index is -0.698. The second-order valence-corrected chi connectivity index (χ2v) is 4.63. The second kappa shape index (κ2) is 7.09. The van der Waals surface area contributed by atoms with Gasteiger partial charge in [0, 0.05) is 32.2 Å². The van der Waals surface area contributed by atoms with Crippen molar-refractivity contribution < 1.29 is 18.8 Å². The van der Waals surface area contributed by atoms with Gasteiger partial charge >= 0.3 is 0 Å². The molecule has 7 nitrogen and oxygen atoms in total. The van der Waals surface area contributed by atoms with Crippen molar-refractivity contribution in [1.82, 2.24) is 10.2 Å². The van der Waals surface area contributed by atoms with Crippen LogP contribution < -0.4 is 5.32 Å². The summed E-state index contributed by atoms with van der Waals surface area (Å²) in [4.78, 5) is 24.2. The minimum absolute atomic E-state index is 0.262. The highest BCUT2D eigenvalue weighted by atomic mass is 19.1. The van der Waals surface area contributed by atoms with Crippen LogP contribution in [-0.4, -0.2) is 55.1 Å². The molecule has 1 aliphatic heterocycles. The Labute approximate surface area is 120 Å². The first-order chi connectivity index (χ1) is 10.1. The van der Waals surface area contributed by atoms with E-state index in [2.05, 4.69) is 10.2 Å². The van der Waals surface area contributed by atoms with Gasteiger partial charge in [-0.15, -0.1) is 0 Å². The Kier molecular flexibility index (Phi) is 5.18. The number of benzene rings is 1. The molecule has 0 aliphatic carbocycles. The number of nitrogens with one attached hydrogen (secondary N) is 1. The van der Waals surface area contributed by atoms with E-state index in [0.29, 0.717) is 26.3 Å². The zero-order valence-electron chi connectivity index (χ0n) is 11.4. The molecule has 1 saturated heterocycles. The van der Waals surface area contributed by atoms with Crippen molar-refractivity contribution in [2.75, 3.05) is 39.4 Å². The highest BCUT2D eigenvalue weighted by Gasteiger charge is 2.20. The van der Waals surface area contributed by atoms with Gasteiger partial charge in [-0.05, 0) is 12.1 Å². The van der Waals surface area contributed by atoms with Gasteiger partial charge in [-0.2, -0.15) is 0 Å². The zero-order valence-corrected chi connectivity index (χ0v) is 11.4. The van der Waals surface area contributed by atoms with Crippen molar-refractivity contribution in [3.8, 4) is 0 Å². The second-order valence-electron chi connectivity index (χ2n) is 4.63. The van der Waals surface area contributed by atoms with Crippen LogP contribution >= 0.6 is 0 Å².